The van der Waals surface area contributed by atoms with E-state index in [-0.39, 0.29) is 31.0 Å². The number of carboxylic acid groups (broad SMARTS) is 2. The van der Waals surface area contributed by atoms with Gasteiger partial charge in [0.25, 0.3) is 0 Å². The first kappa shape index (κ1) is 31.9. The van der Waals surface area contributed by atoms with Crippen LogP contribution in [-0.4, -0.2) is 35.0 Å². The second kappa shape index (κ2) is 28.5. The molecule has 0 amide bonds. The number of hydrogen-bond donors (Lipinski definition) is 0. The first-order valence-electron chi connectivity index (χ1n) is 10.1. The Kier molecular flexibility index (Phi) is 33.7. The van der Waals surface area contributed by atoms with E-state index in [0.29, 0.717) is 0 Å². The minimum absolute atomic E-state index is 0. The molecule has 0 radical (unpaired) electrons. The summed E-state index contributed by atoms with van der Waals surface area (Å²) in [5, 5.41) is 20.1. The van der Waals surface area contributed by atoms with Gasteiger partial charge in [0.05, 0.1) is 11.9 Å². The third kappa shape index (κ3) is 37.7. The zero-order chi connectivity index (χ0) is 19.9. The fourth-order valence-corrected chi connectivity index (χ4v) is 3.72. The Labute approximate surface area is 188 Å². The zero-order valence-corrected chi connectivity index (χ0v) is 22.1. The summed E-state index contributed by atoms with van der Waals surface area (Å²) in [5.74, 6) is 0.316. The average Bonchev–Trinajstić information content (AvgIpc) is 2.60. The van der Waals surface area contributed by atoms with E-state index in [0.717, 1.165) is 24.3 Å². The molecule has 0 aromatic heterocycles. The van der Waals surface area contributed by atoms with Crippen LogP contribution in [-0.2, 0) is 29.1 Å². The summed E-state index contributed by atoms with van der Waals surface area (Å²) in [5.41, 5.74) is 0. The first-order valence-corrected chi connectivity index (χ1v) is 12.4. The van der Waals surface area contributed by atoms with Crippen molar-refractivity contribution in [2.75, 3.05) is 23.0 Å². The fraction of sp³-hybridized carbons (Fsp3) is 0.900. The molecule has 0 aliphatic carbocycles. The number of carboxylic acids is 2. The molecule has 0 rings (SSSR count). The third-order valence-electron chi connectivity index (χ3n) is 3.72. The van der Waals surface area contributed by atoms with Gasteiger partial charge in [-0.25, -0.2) is 0 Å². The van der Waals surface area contributed by atoms with Crippen LogP contribution in [0, 0.1) is 0 Å². The molecule has 0 aliphatic rings. The topological polar surface area (TPSA) is 80.3 Å². The van der Waals surface area contributed by atoms with Crippen LogP contribution in [0.4, 0.5) is 0 Å². The molecule has 0 atom stereocenters. The normalized spacial score (nSPS) is 9.85. The molecule has 7 heteroatoms. The predicted molar refractivity (Wildman–Crippen MR) is 111 cm³/mol. The monoisotopic (exact) mass is 470 g/mol. The molecular formula is C20H38O4S2Zn. The van der Waals surface area contributed by atoms with Gasteiger partial charge in [-0.3, -0.25) is 0 Å². The van der Waals surface area contributed by atoms with Crippen molar-refractivity contribution in [3.8, 4) is 0 Å². The van der Waals surface area contributed by atoms with Crippen molar-refractivity contribution in [2.45, 2.75) is 90.9 Å². The summed E-state index contributed by atoms with van der Waals surface area (Å²) in [7, 11) is 0. The van der Waals surface area contributed by atoms with Gasteiger partial charge in [-0.15, -0.1) is 0 Å². The summed E-state index contributed by atoms with van der Waals surface area (Å²) in [6.45, 7) is 4.41. The van der Waals surface area contributed by atoms with Gasteiger partial charge in [0.1, 0.15) is 0 Å². The summed E-state index contributed by atoms with van der Waals surface area (Å²) in [4.78, 5) is 20.1. The Morgan fingerprint density at radius 1 is 0.593 bits per heavy atom. The molecule has 0 saturated heterocycles. The van der Waals surface area contributed by atoms with Crippen LogP contribution in [0.15, 0.2) is 0 Å². The van der Waals surface area contributed by atoms with Gasteiger partial charge in [0, 0.05) is 11.5 Å². The van der Waals surface area contributed by atoms with E-state index in [2.05, 4.69) is 13.8 Å². The maximum absolute atomic E-state index is 10.0. The van der Waals surface area contributed by atoms with E-state index in [1.54, 1.807) is 0 Å². The molecule has 0 aliphatic heterocycles. The molecule has 0 spiro atoms. The molecule has 4 nitrogen and oxygen atoms in total. The third-order valence-corrected chi connectivity index (χ3v) is 5.76. The fourth-order valence-electron chi connectivity index (χ4n) is 2.28. The van der Waals surface area contributed by atoms with Crippen molar-refractivity contribution < 1.29 is 39.3 Å². The van der Waals surface area contributed by atoms with Gasteiger partial charge >= 0.3 is 19.5 Å². The van der Waals surface area contributed by atoms with Crippen LogP contribution in [0.25, 0.3) is 0 Å². The van der Waals surface area contributed by atoms with Gasteiger partial charge < -0.3 is 19.8 Å². The van der Waals surface area contributed by atoms with Gasteiger partial charge in [0.2, 0.25) is 0 Å². The van der Waals surface area contributed by atoms with Gasteiger partial charge in [0.15, 0.2) is 0 Å². The summed E-state index contributed by atoms with van der Waals surface area (Å²) in [6, 6.07) is 0. The number of rotatable bonds is 18. The molecule has 0 aromatic rings. The van der Waals surface area contributed by atoms with Crippen LogP contribution in [0.3, 0.4) is 0 Å². The number of thioether (sulfide) groups is 2. The van der Waals surface area contributed by atoms with E-state index in [9.17, 15) is 19.8 Å². The Bertz CT molecular complexity index is 288. The second-order valence-electron chi connectivity index (χ2n) is 6.38. The maximum Gasteiger partial charge on any atom is 2.00 e. The number of aliphatic carboxylic acids is 2. The van der Waals surface area contributed by atoms with Crippen LogP contribution in [0.5, 0.6) is 0 Å². The average molecular weight is 472 g/mol. The molecular weight excluding hydrogens is 434 g/mol. The predicted octanol–water partition coefficient (Wildman–Crippen LogP) is 3.66. The first-order chi connectivity index (χ1) is 12.5. The summed E-state index contributed by atoms with van der Waals surface area (Å²) >= 11 is 2.93. The smallest absolute Gasteiger partial charge is 0.549 e. The van der Waals surface area contributed by atoms with Crippen molar-refractivity contribution in [2.24, 2.45) is 0 Å². The van der Waals surface area contributed by atoms with Gasteiger partial charge in [-0.1, -0.05) is 78.1 Å². The minimum Gasteiger partial charge on any atom is -0.549 e. The standard InChI is InChI=1S/2C10H20O2S.Zn/c2*1-2-3-4-5-6-7-8-13-9-10(11)12;/h2*2-9H2,1H3,(H,11,12);/q;;+2/p-2. The second-order valence-corrected chi connectivity index (χ2v) is 8.60. The van der Waals surface area contributed by atoms with E-state index >= 15 is 0 Å². The molecule has 0 aromatic carbocycles. The van der Waals surface area contributed by atoms with Gasteiger partial charge in [-0.05, 0) is 24.3 Å². The van der Waals surface area contributed by atoms with Crippen LogP contribution >= 0.6 is 23.5 Å². The molecule has 27 heavy (non-hydrogen) atoms. The SMILES string of the molecule is CCCCCCCCSCC(=O)[O-].CCCCCCCCSCC(=O)[O-].[Zn+2]. The van der Waals surface area contributed by atoms with E-state index in [1.165, 1.54) is 87.7 Å². The van der Waals surface area contributed by atoms with Crippen LogP contribution in [0.2, 0.25) is 0 Å². The van der Waals surface area contributed by atoms with Crippen molar-refractivity contribution in [3.05, 3.63) is 0 Å². The molecule has 0 N–H and O–H groups in total. The quantitative estimate of drug-likeness (QED) is 0.224. The zero-order valence-electron chi connectivity index (χ0n) is 17.5. The minimum atomic E-state index is -0.948. The van der Waals surface area contributed by atoms with Crippen molar-refractivity contribution in [1.29, 1.82) is 0 Å². The molecule has 0 saturated carbocycles. The van der Waals surface area contributed by atoms with E-state index < -0.39 is 11.9 Å². The molecule has 156 valence electrons. The Hall–Kier alpha value is 0.263. The Morgan fingerprint density at radius 3 is 1.19 bits per heavy atom. The van der Waals surface area contributed by atoms with Crippen molar-refractivity contribution >= 4 is 35.5 Å². The number of hydrogen-bond acceptors (Lipinski definition) is 6. The van der Waals surface area contributed by atoms with E-state index in [1.807, 2.05) is 0 Å². The van der Waals surface area contributed by atoms with E-state index in [4.69, 9.17) is 0 Å². The Morgan fingerprint density at radius 2 is 0.889 bits per heavy atom. The van der Waals surface area contributed by atoms with Crippen molar-refractivity contribution in [3.63, 3.8) is 0 Å². The number of carbonyl (C=O) groups is 2. The van der Waals surface area contributed by atoms with Crippen LogP contribution < -0.4 is 10.2 Å². The number of carbonyl (C=O) groups excluding carboxylic acids is 2. The molecule has 0 fully saturated rings. The molecule has 0 bridgehead atoms. The summed E-state index contributed by atoms with van der Waals surface area (Å²) < 4.78 is 0. The molecule has 0 unspecified atom stereocenters. The van der Waals surface area contributed by atoms with Gasteiger partial charge in [-0.2, -0.15) is 23.5 Å². The van der Waals surface area contributed by atoms with Crippen molar-refractivity contribution in [1.82, 2.24) is 0 Å². The number of unbranched alkanes of at least 4 members (excludes halogenated alkanes) is 10. The Balaban J connectivity index is -0.000000411. The van der Waals surface area contributed by atoms with Crippen LogP contribution in [0.1, 0.15) is 90.9 Å². The summed E-state index contributed by atoms with van der Waals surface area (Å²) in [6.07, 6.45) is 15.2. The molecule has 0 heterocycles. The largest absolute Gasteiger partial charge is 2.00 e. The maximum atomic E-state index is 10.0.